The average Bonchev–Trinajstić information content (AvgIpc) is 3.13. The maximum atomic E-state index is 12.3. The zero-order chi connectivity index (χ0) is 12.8. The van der Waals surface area contributed by atoms with E-state index in [4.69, 9.17) is 4.42 Å². The monoisotopic (exact) mass is 256 g/mol. The van der Waals surface area contributed by atoms with Gasteiger partial charge in [-0.3, -0.25) is 4.79 Å². The smallest absolute Gasteiger partial charge is 0.251 e. The van der Waals surface area contributed by atoms with Gasteiger partial charge in [0.1, 0.15) is 5.58 Å². The minimum Gasteiger partial charge on any atom is -0.464 e. The lowest BCUT2D eigenvalue weighted by Crippen LogP contribution is -2.47. The number of carbonyl (C=O) groups excluding carboxylic acids is 1. The summed E-state index contributed by atoms with van der Waals surface area (Å²) < 4.78 is 5.28. The topological polar surface area (TPSA) is 54.3 Å². The second-order valence-electron chi connectivity index (χ2n) is 5.61. The Labute approximate surface area is 111 Å². The molecule has 2 aromatic rings. The fraction of sp³-hybridized carbons (Fsp3) is 0.400. The molecule has 1 saturated heterocycles. The largest absolute Gasteiger partial charge is 0.464 e. The molecule has 1 aromatic carbocycles. The number of furan rings is 1. The Kier molecular flexibility index (Phi) is 2.38. The van der Waals surface area contributed by atoms with Crippen LogP contribution in [0, 0.1) is 5.92 Å². The van der Waals surface area contributed by atoms with Gasteiger partial charge in [-0.05, 0) is 49.6 Å². The second-order valence-corrected chi connectivity index (χ2v) is 5.61. The van der Waals surface area contributed by atoms with E-state index >= 15 is 0 Å². The van der Waals surface area contributed by atoms with Crippen molar-refractivity contribution < 1.29 is 9.21 Å². The molecule has 98 valence electrons. The summed E-state index contributed by atoms with van der Waals surface area (Å²) in [6.45, 7) is 1.11. The number of amides is 1. The lowest BCUT2D eigenvalue weighted by Gasteiger charge is -2.23. The standard InChI is InChI=1S/C15H16N2O2/c18-15(17-13-6-9-5-12(13)16-8-9)11-1-2-14-10(7-11)3-4-19-14/h1-4,7,9,12-13,16H,5-6,8H2,(H,17,18)/t9-,12+,13-/m0/s1. The molecule has 3 atom stereocenters. The first-order valence-electron chi connectivity index (χ1n) is 6.81. The first-order valence-corrected chi connectivity index (χ1v) is 6.81. The van der Waals surface area contributed by atoms with Crippen molar-refractivity contribution in [3.8, 4) is 0 Å². The number of fused-ring (bicyclic) bond motifs is 3. The van der Waals surface area contributed by atoms with Gasteiger partial charge in [0.2, 0.25) is 0 Å². The summed E-state index contributed by atoms with van der Waals surface area (Å²) in [6, 6.07) is 8.18. The molecular formula is C15H16N2O2. The van der Waals surface area contributed by atoms with Crippen molar-refractivity contribution in [1.82, 2.24) is 10.6 Å². The molecule has 4 rings (SSSR count). The van der Waals surface area contributed by atoms with Gasteiger partial charge in [-0.25, -0.2) is 0 Å². The van der Waals surface area contributed by atoms with Crippen molar-refractivity contribution in [2.75, 3.05) is 6.54 Å². The number of benzene rings is 1. The maximum absolute atomic E-state index is 12.3. The quantitative estimate of drug-likeness (QED) is 0.863. The normalized spacial score (nSPS) is 28.9. The van der Waals surface area contributed by atoms with E-state index in [2.05, 4.69) is 10.6 Å². The van der Waals surface area contributed by atoms with Crippen LogP contribution in [0.3, 0.4) is 0 Å². The second kappa shape index (κ2) is 4.10. The molecule has 1 aromatic heterocycles. The van der Waals surface area contributed by atoms with Crippen LogP contribution in [0.5, 0.6) is 0 Å². The summed E-state index contributed by atoms with van der Waals surface area (Å²) in [6.07, 6.45) is 3.95. The van der Waals surface area contributed by atoms with Crippen LogP contribution in [0.2, 0.25) is 0 Å². The summed E-state index contributed by atoms with van der Waals surface area (Å²) in [4.78, 5) is 12.3. The maximum Gasteiger partial charge on any atom is 0.251 e. The van der Waals surface area contributed by atoms with Gasteiger partial charge in [0.15, 0.2) is 0 Å². The lowest BCUT2D eigenvalue weighted by molar-refractivity contribution is 0.0928. The van der Waals surface area contributed by atoms with Gasteiger partial charge < -0.3 is 15.1 Å². The van der Waals surface area contributed by atoms with Crippen LogP contribution < -0.4 is 10.6 Å². The molecular weight excluding hydrogens is 240 g/mol. The molecule has 4 nitrogen and oxygen atoms in total. The number of hydrogen-bond acceptors (Lipinski definition) is 3. The van der Waals surface area contributed by atoms with Crippen molar-refractivity contribution >= 4 is 16.9 Å². The van der Waals surface area contributed by atoms with Crippen molar-refractivity contribution in [1.29, 1.82) is 0 Å². The van der Waals surface area contributed by atoms with E-state index in [0.717, 1.165) is 29.9 Å². The number of carbonyl (C=O) groups is 1. The van der Waals surface area contributed by atoms with E-state index < -0.39 is 0 Å². The molecule has 2 fully saturated rings. The number of nitrogens with one attached hydrogen (secondary N) is 2. The van der Waals surface area contributed by atoms with Crippen LogP contribution in [-0.4, -0.2) is 24.5 Å². The predicted octanol–water partition coefficient (Wildman–Crippen LogP) is 1.91. The third kappa shape index (κ3) is 1.83. The molecule has 0 radical (unpaired) electrons. The third-order valence-corrected chi connectivity index (χ3v) is 4.36. The molecule has 1 saturated carbocycles. The van der Waals surface area contributed by atoms with E-state index in [9.17, 15) is 4.79 Å². The Morgan fingerprint density at radius 1 is 1.32 bits per heavy atom. The van der Waals surface area contributed by atoms with Crippen LogP contribution in [0.4, 0.5) is 0 Å². The minimum atomic E-state index is 0.0162. The lowest BCUT2D eigenvalue weighted by atomic mass is 10.1. The zero-order valence-electron chi connectivity index (χ0n) is 10.6. The molecule has 19 heavy (non-hydrogen) atoms. The van der Waals surface area contributed by atoms with Crippen LogP contribution in [0.15, 0.2) is 34.9 Å². The van der Waals surface area contributed by atoms with Crippen LogP contribution in [0.25, 0.3) is 11.0 Å². The average molecular weight is 256 g/mol. The fourth-order valence-corrected chi connectivity index (χ4v) is 3.37. The fourth-order valence-electron chi connectivity index (χ4n) is 3.37. The molecule has 2 aliphatic rings. The highest BCUT2D eigenvalue weighted by molar-refractivity contribution is 5.97. The van der Waals surface area contributed by atoms with Crippen LogP contribution in [0.1, 0.15) is 23.2 Å². The molecule has 4 heteroatoms. The summed E-state index contributed by atoms with van der Waals surface area (Å²) >= 11 is 0. The van der Waals surface area contributed by atoms with E-state index in [1.54, 1.807) is 6.26 Å². The van der Waals surface area contributed by atoms with Crippen LogP contribution >= 0.6 is 0 Å². The van der Waals surface area contributed by atoms with E-state index in [0.29, 0.717) is 11.6 Å². The Morgan fingerprint density at radius 3 is 3.05 bits per heavy atom. The number of hydrogen-bond donors (Lipinski definition) is 2. The number of rotatable bonds is 2. The summed E-state index contributed by atoms with van der Waals surface area (Å²) in [5.74, 6) is 0.758. The molecule has 1 aliphatic carbocycles. The molecule has 2 heterocycles. The highest BCUT2D eigenvalue weighted by Crippen LogP contribution is 2.31. The van der Waals surface area contributed by atoms with Gasteiger partial charge in [-0.2, -0.15) is 0 Å². The SMILES string of the molecule is O=C(N[C@H]1C[C@H]2CN[C@@H]1C2)c1ccc2occc2c1. The van der Waals surface area contributed by atoms with Gasteiger partial charge in [0, 0.05) is 23.0 Å². The molecule has 0 unspecified atom stereocenters. The van der Waals surface area contributed by atoms with E-state index in [1.807, 2.05) is 24.3 Å². The minimum absolute atomic E-state index is 0.0162. The Hall–Kier alpha value is -1.81. The van der Waals surface area contributed by atoms with Crippen molar-refractivity contribution in [2.24, 2.45) is 5.92 Å². The highest BCUT2D eigenvalue weighted by atomic mass is 16.3. The molecule has 1 amide bonds. The summed E-state index contributed by atoms with van der Waals surface area (Å²) in [7, 11) is 0. The first-order chi connectivity index (χ1) is 9.29. The van der Waals surface area contributed by atoms with Crippen molar-refractivity contribution in [2.45, 2.75) is 24.9 Å². The molecule has 1 aliphatic heterocycles. The van der Waals surface area contributed by atoms with Crippen LogP contribution in [-0.2, 0) is 0 Å². The van der Waals surface area contributed by atoms with Crippen molar-refractivity contribution in [3.63, 3.8) is 0 Å². The predicted molar refractivity (Wildman–Crippen MR) is 72.0 cm³/mol. The zero-order valence-corrected chi connectivity index (χ0v) is 10.6. The van der Waals surface area contributed by atoms with Gasteiger partial charge in [-0.1, -0.05) is 0 Å². The van der Waals surface area contributed by atoms with Gasteiger partial charge in [0.25, 0.3) is 5.91 Å². The molecule has 0 spiro atoms. The van der Waals surface area contributed by atoms with Gasteiger partial charge in [-0.15, -0.1) is 0 Å². The Bertz CT molecular complexity index is 634. The van der Waals surface area contributed by atoms with Crippen molar-refractivity contribution in [3.05, 3.63) is 36.1 Å². The highest BCUT2D eigenvalue weighted by Gasteiger charge is 2.39. The van der Waals surface area contributed by atoms with Gasteiger partial charge >= 0.3 is 0 Å². The molecule has 2 N–H and O–H groups in total. The summed E-state index contributed by atoms with van der Waals surface area (Å²) in [5.41, 5.74) is 1.52. The third-order valence-electron chi connectivity index (χ3n) is 4.36. The van der Waals surface area contributed by atoms with E-state index in [-0.39, 0.29) is 11.9 Å². The first kappa shape index (κ1) is 11.1. The van der Waals surface area contributed by atoms with E-state index in [1.165, 1.54) is 6.42 Å². The van der Waals surface area contributed by atoms with Gasteiger partial charge in [0.05, 0.1) is 6.26 Å². The Morgan fingerprint density at radius 2 is 2.26 bits per heavy atom. The number of piperidine rings is 1. The Balaban J connectivity index is 1.53. The summed E-state index contributed by atoms with van der Waals surface area (Å²) in [5, 5.41) is 7.58. The molecule has 2 bridgehead atoms.